The molecule has 0 bridgehead atoms. The molecule has 0 aliphatic carbocycles. The van der Waals surface area contributed by atoms with Crippen molar-refractivity contribution in [2.45, 2.75) is 45.4 Å². The Morgan fingerprint density at radius 3 is 2.43 bits per heavy atom. The number of anilines is 3. The zero-order chi connectivity index (χ0) is 33.5. The van der Waals surface area contributed by atoms with Crippen LogP contribution in [0, 0.1) is 11.8 Å². The number of aliphatic hydroxyl groups excluding tert-OH is 1. The number of amides is 3. The van der Waals surface area contributed by atoms with Gasteiger partial charge < -0.3 is 35.8 Å². The van der Waals surface area contributed by atoms with Crippen molar-refractivity contribution in [2.24, 2.45) is 11.8 Å². The third-order valence-electron chi connectivity index (χ3n) is 8.91. The molecule has 0 radical (unpaired) electrons. The van der Waals surface area contributed by atoms with Crippen molar-refractivity contribution < 1.29 is 29.0 Å². The maximum atomic E-state index is 13.8. The number of nitrogen functional groups attached to an aromatic ring is 1. The van der Waals surface area contributed by atoms with Gasteiger partial charge in [-0.25, -0.2) is 0 Å². The first-order chi connectivity index (χ1) is 22.6. The molecule has 3 aromatic carbocycles. The number of para-hydroxylation sites is 3. The second-order valence-electron chi connectivity index (χ2n) is 12.6. The van der Waals surface area contributed by atoms with E-state index in [1.54, 1.807) is 47.4 Å². The predicted octanol–water partition coefficient (Wildman–Crippen LogP) is 4.24. The SMILES string of the molecule is C[C@H]1CN([C@@H](C)CO)C(=O)c2cccc(NC(=O)C3CCOCC3)c2O[C@H]1CN(C)Cc1ccc(C(=O)Nc2ccccc2N)cc1. The summed E-state index contributed by atoms with van der Waals surface area (Å²) in [5, 5.41) is 15.9. The van der Waals surface area contributed by atoms with E-state index in [-0.39, 0.29) is 42.3 Å². The highest BCUT2D eigenvalue weighted by molar-refractivity contribution is 6.05. The van der Waals surface area contributed by atoms with E-state index in [1.807, 2.05) is 45.2 Å². The van der Waals surface area contributed by atoms with Crippen LogP contribution in [0.2, 0.25) is 0 Å². The van der Waals surface area contributed by atoms with Gasteiger partial charge in [-0.2, -0.15) is 0 Å². The van der Waals surface area contributed by atoms with Crippen molar-refractivity contribution >= 4 is 34.8 Å². The van der Waals surface area contributed by atoms with E-state index in [4.69, 9.17) is 15.2 Å². The van der Waals surface area contributed by atoms with Crippen molar-refractivity contribution in [1.29, 1.82) is 0 Å². The van der Waals surface area contributed by atoms with Gasteiger partial charge in [0.1, 0.15) is 6.10 Å². The van der Waals surface area contributed by atoms with Crippen LogP contribution in [0.5, 0.6) is 5.75 Å². The molecule has 2 aliphatic rings. The number of nitrogens with two attached hydrogens (primary N) is 1. The molecule has 2 heterocycles. The number of nitrogens with zero attached hydrogens (tertiary/aromatic N) is 2. The molecule has 3 aromatic rings. The van der Waals surface area contributed by atoms with Gasteiger partial charge in [-0.05, 0) is 68.8 Å². The minimum absolute atomic E-state index is 0.0979. The molecule has 5 rings (SSSR count). The highest BCUT2D eigenvalue weighted by Crippen LogP contribution is 2.35. The highest BCUT2D eigenvalue weighted by atomic mass is 16.5. The summed E-state index contributed by atoms with van der Waals surface area (Å²) < 4.78 is 12.1. The zero-order valence-electron chi connectivity index (χ0n) is 27.3. The van der Waals surface area contributed by atoms with Gasteiger partial charge in [-0.1, -0.05) is 37.3 Å². The first-order valence-corrected chi connectivity index (χ1v) is 16.2. The molecular formula is C36H45N5O6. The summed E-state index contributed by atoms with van der Waals surface area (Å²) in [7, 11) is 1.99. The molecule has 11 heteroatoms. The van der Waals surface area contributed by atoms with Gasteiger partial charge in [0, 0.05) is 50.2 Å². The second kappa shape index (κ2) is 15.4. The van der Waals surface area contributed by atoms with Crippen molar-refractivity contribution in [3.05, 3.63) is 83.4 Å². The van der Waals surface area contributed by atoms with Crippen molar-refractivity contribution in [3.8, 4) is 5.75 Å². The molecule has 3 atom stereocenters. The Labute approximate surface area is 276 Å². The van der Waals surface area contributed by atoms with E-state index >= 15 is 0 Å². The Morgan fingerprint density at radius 1 is 1.02 bits per heavy atom. The summed E-state index contributed by atoms with van der Waals surface area (Å²) in [6.07, 6.45) is 0.934. The minimum Gasteiger partial charge on any atom is -0.486 e. The molecule has 2 aliphatic heterocycles. The minimum atomic E-state index is -0.399. The largest absolute Gasteiger partial charge is 0.486 e. The number of ether oxygens (including phenoxy) is 2. The molecule has 5 N–H and O–H groups in total. The Bertz CT molecular complexity index is 1560. The first kappa shape index (κ1) is 33.9. The number of hydrogen-bond donors (Lipinski definition) is 4. The number of likely N-dealkylation sites (N-methyl/N-ethyl adjacent to an activating group) is 1. The number of nitrogens with one attached hydrogen (secondary N) is 2. The number of carbonyl (C=O) groups excluding carboxylic acids is 3. The van der Waals surface area contributed by atoms with Crippen LogP contribution in [0.1, 0.15) is 53.0 Å². The lowest BCUT2D eigenvalue weighted by Gasteiger charge is -2.38. The topological polar surface area (TPSA) is 146 Å². The number of aliphatic hydroxyl groups is 1. The quantitative estimate of drug-likeness (QED) is 0.240. The lowest BCUT2D eigenvalue weighted by molar-refractivity contribution is -0.122. The molecule has 0 saturated carbocycles. The molecule has 0 unspecified atom stereocenters. The Kier molecular flexibility index (Phi) is 11.1. The third-order valence-corrected chi connectivity index (χ3v) is 8.91. The molecule has 1 saturated heterocycles. The summed E-state index contributed by atoms with van der Waals surface area (Å²) in [6.45, 7) is 6.27. The smallest absolute Gasteiger partial charge is 0.258 e. The number of fused-ring (bicyclic) bond motifs is 1. The Balaban J connectivity index is 1.32. The monoisotopic (exact) mass is 643 g/mol. The molecule has 47 heavy (non-hydrogen) atoms. The van der Waals surface area contributed by atoms with E-state index in [0.29, 0.717) is 79.6 Å². The zero-order valence-corrected chi connectivity index (χ0v) is 27.3. The predicted molar refractivity (Wildman–Crippen MR) is 181 cm³/mol. The van der Waals surface area contributed by atoms with Crippen LogP contribution in [0.3, 0.4) is 0 Å². The molecule has 0 aromatic heterocycles. The van der Waals surface area contributed by atoms with Crippen LogP contribution < -0.4 is 21.1 Å². The lowest BCUT2D eigenvalue weighted by atomic mass is 9.98. The fourth-order valence-electron chi connectivity index (χ4n) is 6.00. The van der Waals surface area contributed by atoms with Crippen LogP contribution in [-0.2, 0) is 16.1 Å². The summed E-state index contributed by atoms with van der Waals surface area (Å²) in [6, 6.07) is 19.4. The van der Waals surface area contributed by atoms with Crippen LogP contribution in [-0.4, -0.2) is 84.7 Å². The van der Waals surface area contributed by atoms with Crippen LogP contribution >= 0.6 is 0 Å². The average molecular weight is 644 g/mol. The number of carbonyl (C=O) groups is 3. The van der Waals surface area contributed by atoms with E-state index in [2.05, 4.69) is 15.5 Å². The van der Waals surface area contributed by atoms with Gasteiger partial charge in [-0.15, -0.1) is 0 Å². The number of benzene rings is 3. The Hall–Kier alpha value is -4.45. The van der Waals surface area contributed by atoms with Gasteiger partial charge in [-0.3, -0.25) is 19.3 Å². The van der Waals surface area contributed by atoms with Crippen molar-refractivity contribution in [2.75, 3.05) is 56.3 Å². The van der Waals surface area contributed by atoms with Crippen molar-refractivity contribution in [3.63, 3.8) is 0 Å². The number of rotatable bonds is 10. The molecule has 3 amide bonds. The van der Waals surface area contributed by atoms with Gasteiger partial charge in [0.25, 0.3) is 11.8 Å². The van der Waals surface area contributed by atoms with Crippen molar-refractivity contribution in [1.82, 2.24) is 9.80 Å². The fraction of sp³-hybridized carbons (Fsp3) is 0.417. The lowest BCUT2D eigenvalue weighted by Crippen LogP contribution is -2.49. The van der Waals surface area contributed by atoms with Crippen LogP contribution in [0.25, 0.3) is 0 Å². The van der Waals surface area contributed by atoms with Gasteiger partial charge in [0.15, 0.2) is 5.75 Å². The molecule has 0 spiro atoms. The summed E-state index contributed by atoms with van der Waals surface area (Å²) in [5.74, 6) is -0.543. The van der Waals surface area contributed by atoms with Gasteiger partial charge in [0.2, 0.25) is 5.91 Å². The van der Waals surface area contributed by atoms with E-state index in [0.717, 1.165) is 5.56 Å². The van der Waals surface area contributed by atoms with E-state index < -0.39 is 6.04 Å². The molecule has 1 fully saturated rings. The van der Waals surface area contributed by atoms with Gasteiger partial charge >= 0.3 is 0 Å². The Morgan fingerprint density at radius 2 is 1.72 bits per heavy atom. The summed E-state index contributed by atoms with van der Waals surface area (Å²) >= 11 is 0. The summed E-state index contributed by atoms with van der Waals surface area (Å²) in [5.41, 5.74) is 9.37. The highest BCUT2D eigenvalue weighted by Gasteiger charge is 2.35. The standard InChI is InChI=1S/C36H45N5O6/c1-23-19-41(24(2)22-42)36(45)28-7-6-10-31(39-35(44)27-15-17-46-18-16-27)33(28)47-32(23)21-40(3)20-25-11-13-26(14-12-25)34(43)38-30-9-5-4-8-29(30)37/h4-14,23-24,27,32,42H,15-22,37H2,1-3H3,(H,38,43)(H,39,44)/t23-,24-,32-/m0/s1. The van der Waals surface area contributed by atoms with Crippen LogP contribution in [0.15, 0.2) is 66.7 Å². The second-order valence-corrected chi connectivity index (χ2v) is 12.6. The maximum absolute atomic E-state index is 13.8. The molecule has 250 valence electrons. The number of hydrogen-bond acceptors (Lipinski definition) is 8. The van der Waals surface area contributed by atoms with Crippen LogP contribution in [0.4, 0.5) is 17.1 Å². The average Bonchev–Trinajstić information content (AvgIpc) is 3.08. The molecular weight excluding hydrogens is 598 g/mol. The fourth-order valence-corrected chi connectivity index (χ4v) is 6.00. The van der Waals surface area contributed by atoms with E-state index in [9.17, 15) is 19.5 Å². The summed E-state index contributed by atoms with van der Waals surface area (Å²) in [4.78, 5) is 43.6. The van der Waals surface area contributed by atoms with E-state index in [1.165, 1.54) is 0 Å². The normalized spacial score (nSPS) is 19.3. The maximum Gasteiger partial charge on any atom is 0.258 e. The van der Waals surface area contributed by atoms with Gasteiger partial charge in [0.05, 0.1) is 35.3 Å². The first-order valence-electron chi connectivity index (χ1n) is 16.2. The molecule has 11 nitrogen and oxygen atoms in total. The third kappa shape index (κ3) is 8.29.